The van der Waals surface area contributed by atoms with Crippen LogP contribution >= 0.6 is 0 Å². The molecule has 1 fully saturated rings. The fourth-order valence-electron chi connectivity index (χ4n) is 2.89. The Morgan fingerprint density at radius 3 is 2.59 bits per heavy atom. The number of benzene rings is 2. The zero-order chi connectivity index (χ0) is 23.7. The highest BCUT2D eigenvalue weighted by Gasteiger charge is 2.32. The van der Waals surface area contributed by atoms with Crippen LogP contribution in [0.4, 0.5) is 14.9 Å². The molecular formula is C23H27FN4O4. The summed E-state index contributed by atoms with van der Waals surface area (Å²) < 4.78 is 19.7. The van der Waals surface area contributed by atoms with Gasteiger partial charge >= 0.3 is 6.09 Å². The second kappa shape index (κ2) is 11.6. The number of hydrogen-bond donors (Lipinski definition) is 3. The van der Waals surface area contributed by atoms with E-state index in [2.05, 4.69) is 17.0 Å². The number of aliphatic imine (C=N–C) groups is 1. The molecule has 3 rings (SSSR count). The molecule has 170 valence electrons. The molecule has 0 radical (unpaired) electrons. The first-order valence-electron chi connectivity index (χ1n) is 9.88. The van der Waals surface area contributed by atoms with Crippen molar-refractivity contribution < 1.29 is 23.8 Å². The van der Waals surface area contributed by atoms with Crippen LogP contribution in [-0.2, 0) is 9.53 Å². The van der Waals surface area contributed by atoms with E-state index in [0.717, 1.165) is 11.1 Å². The number of anilines is 1. The molecule has 1 heterocycles. The Hall–Kier alpha value is -3.72. The van der Waals surface area contributed by atoms with Gasteiger partial charge in [-0.3, -0.25) is 14.7 Å². The summed E-state index contributed by atoms with van der Waals surface area (Å²) in [5.41, 5.74) is 7.75. The second-order valence-electron chi connectivity index (χ2n) is 7.09. The van der Waals surface area contributed by atoms with Gasteiger partial charge in [0.25, 0.3) is 0 Å². The summed E-state index contributed by atoms with van der Waals surface area (Å²) in [7, 11) is 0. The highest BCUT2D eigenvalue weighted by molar-refractivity contribution is 5.90. The summed E-state index contributed by atoms with van der Waals surface area (Å²) in [4.78, 5) is 27.6. The minimum atomic E-state index is -0.544. The first-order chi connectivity index (χ1) is 15.2. The Morgan fingerprint density at radius 2 is 2.06 bits per heavy atom. The number of amides is 2. The van der Waals surface area contributed by atoms with E-state index in [1.165, 1.54) is 24.1 Å². The molecule has 2 amide bonds. The van der Waals surface area contributed by atoms with Gasteiger partial charge in [-0.1, -0.05) is 29.8 Å². The molecule has 1 saturated heterocycles. The molecule has 2 aromatic carbocycles. The minimum Gasteiger partial charge on any atom is -0.509 e. The molecule has 0 aliphatic carbocycles. The lowest BCUT2D eigenvalue weighted by Gasteiger charge is -2.14. The van der Waals surface area contributed by atoms with Gasteiger partial charge in [0.2, 0.25) is 5.91 Å². The van der Waals surface area contributed by atoms with Gasteiger partial charge in [0.15, 0.2) is 0 Å². The second-order valence-corrected chi connectivity index (χ2v) is 7.09. The van der Waals surface area contributed by atoms with Gasteiger partial charge in [0.1, 0.15) is 17.7 Å². The Labute approximate surface area is 186 Å². The molecule has 32 heavy (non-hydrogen) atoms. The van der Waals surface area contributed by atoms with Crippen LogP contribution in [0.5, 0.6) is 0 Å². The lowest BCUT2D eigenvalue weighted by atomic mass is 10.0. The number of aliphatic hydroxyl groups excluding tert-OH is 1. The van der Waals surface area contributed by atoms with Crippen molar-refractivity contribution in [3.8, 4) is 11.1 Å². The monoisotopic (exact) mass is 442 g/mol. The summed E-state index contributed by atoms with van der Waals surface area (Å²) in [6.45, 7) is 7.10. The van der Waals surface area contributed by atoms with Gasteiger partial charge in [-0.2, -0.15) is 0 Å². The number of aliphatic hydroxyl groups is 1. The van der Waals surface area contributed by atoms with Crippen molar-refractivity contribution in [1.82, 2.24) is 5.32 Å². The van der Waals surface area contributed by atoms with Crippen LogP contribution < -0.4 is 16.0 Å². The van der Waals surface area contributed by atoms with E-state index in [1.54, 1.807) is 12.1 Å². The van der Waals surface area contributed by atoms with E-state index in [0.29, 0.717) is 11.3 Å². The van der Waals surface area contributed by atoms with E-state index in [9.17, 15) is 14.0 Å². The largest absolute Gasteiger partial charge is 0.509 e. The van der Waals surface area contributed by atoms with Crippen molar-refractivity contribution in [1.29, 1.82) is 0 Å². The van der Waals surface area contributed by atoms with Crippen LogP contribution in [0.3, 0.4) is 0 Å². The maximum atomic E-state index is 14.5. The van der Waals surface area contributed by atoms with Gasteiger partial charge in [0, 0.05) is 12.5 Å². The Kier molecular flexibility index (Phi) is 8.91. The molecule has 2 aromatic rings. The molecule has 0 saturated carbocycles. The lowest BCUT2D eigenvalue weighted by molar-refractivity contribution is -0.119. The first-order valence-corrected chi connectivity index (χ1v) is 9.88. The van der Waals surface area contributed by atoms with Crippen LogP contribution in [0.1, 0.15) is 12.5 Å². The van der Waals surface area contributed by atoms with E-state index in [1.807, 2.05) is 31.2 Å². The number of carbonyl (C=O) groups is 2. The van der Waals surface area contributed by atoms with Gasteiger partial charge in [-0.15, -0.1) is 0 Å². The molecule has 9 heteroatoms. The number of nitrogens with zero attached hydrogens (tertiary/aromatic N) is 2. The van der Waals surface area contributed by atoms with Crippen molar-refractivity contribution in [3.05, 3.63) is 65.8 Å². The molecule has 0 aromatic heterocycles. The minimum absolute atomic E-state index is 0.0509. The number of nitrogens with two attached hydrogens (primary N) is 1. The van der Waals surface area contributed by atoms with Crippen LogP contribution in [0.15, 0.2) is 59.4 Å². The number of cyclic esters (lactones) is 1. The topological polar surface area (TPSA) is 117 Å². The number of ether oxygens (including phenoxy) is 1. The van der Waals surface area contributed by atoms with Gasteiger partial charge in [0.05, 0.1) is 31.5 Å². The molecular weight excluding hydrogens is 415 g/mol. The fourth-order valence-corrected chi connectivity index (χ4v) is 2.89. The number of halogens is 1. The van der Waals surface area contributed by atoms with Crippen LogP contribution in [0, 0.1) is 12.7 Å². The Balaban J connectivity index is 0.000000451. The molecule has 1 aliphatic rings. The van der Waals surface area contributed by atoms with Gasteiger partial charge in [-0.25, -0.2) is 9.18 Å². The smallest absolute Gasteiger partial charge is 0.414 e. The first kappa shape index (κ1) is 24.5. The molecule has 0 spiro atoms. The fraction of sp³-hybridized carbons (Fsp3) is 0.261. The molecule has 0 bridgehead atoms. The Bertz CT molecular complexity index is 992. The molecule has 1 aliphatic heterocycles. The van der Waals surface area contributed by atoms with Gasteiger partial charge < -0.3 is 20.9 Å². The summed E-state index contributed by atoms with van der Waals surface area (Å²) >= 11 is 0. The maximum Gasteiger partial charge on any atom is 0.414 e. The highest BCUT2D eigenvalue weighted by atomic mass is 19.1. The van der Waals surface area contributed by atoms with Crippen LogP contribution in [0.25, 0.3) is 11.1 Å². The third-order valence-corrected chi connectivity index (χ3v) is 4.53. The normalized spacial score (nSPS) is 15.5. The molecule has 1 atom stereocenters. The van der Waals surface area contributed by atoms with Crippen molar-refractivity contribution in [2.45, 2.75) is 20.0 Å². The standard InChI is InChI=1S/C19H19FN2O3.C4H8N2O/c1-12-3-5-14(6-4-12)17-8-7-15(9-18(17)20)22-11-16(25-19(22)24)10-21-13(2)23;1-6-3-4(7)2-5/h3-9,16H,10-11H2,1-2H3,(H,21,23);3,7H,1-2,5H2/b;4-3-/t16-;/m0./s1. The average molecular weight is 442 g/mol. The maximum absolute atomic E-state index is 14.5. The average Bonchev–Trinajstić information content (AvgIpc) is 3.14. The number of aryl methyl sites for hydroxylation is 1. The number of hydrogen-bond acceptors (Lipinski definition) is 6. The number of nitrogens with one attached hydrogen (secondary N) is 1. The lowest BCUT2D eigenvalue weighted by Crippen LogP contribution is -2.33. The summed E-state index contributed by atoms with van der Waals surface area (Å²) in [5, 5.41) is 11.1. The van der Waals surface area contributed by atoms with Crippen molar-refractivity contribution in [2.75, 3.05) is 24.5 Å². The molecule has 0 unspecified atom stereocenters. The summed E-state index contributed by atoms with van der Waals surface area (Å²) in [5.74, 6) is -0.544. The Morgan fingerprint density at radius 1 is 1.38 bits per heavy atom. The third-order valence-electron chi connectivity index (χ3n) is 4.53. The molecule has 8 nitrogen and oxygen atoms in total. The van der Waals surface area contributed by atoms with E-state index >= 15 is 0 Å². The quantitative estimate of drug-likeness (QED) is 0.469. The number of carbonyl (C=O) groups excluding carboxylic acids is 2. The van der Waals surface area contributed by atoms with Crippen LogP contribution in [-0.4, -0.2) is 49.6 Å². The summed E-state index contributed by atoms with van der Waals surface area (Å²) in [6, 6.07) is 12.3. The van der Waals surface area contributed by atoms with Crippen LogP contribution in [0.2, 0.25) is 0 Å². The summed E-state index contributed by atoms with van der Waals surface area (Å²) in [6.07, 6.45) is 0.217. The zero-order valence-corrected chi connectivity index (χ0v) is 18.0. The van der Waals surface area contributed by atoms with Crippen molar-refractivity contribution >= 4 is 24.4 Å². The zero-order valence-electron chi connectivity index (χ0n) is 18.0. The van der Waals surface area contributed by atoms with E-state index in [-0.39, 0.29) is 31.3 Å². The SMILES string of the molecule is C=N/C=C(\O)CN.CC(=O)NC[C@H]1CN(c2ccc(-c3ccc(C)cc3)c(F)c2)C(=O)O1. The van der Waals surface area contributed by atoms with Gasteiger partial charge in [-0.05, 0) is 37.4 Å². The predicted molar refractivity (Wildman–Crippen MR) is 122 cm³/mol. The number of rotatable bonds is 6. The van der Waals surface area contributed by atoms with Crippen molar-refractivity contribution in [3.63, 3.8) is 0 Å². The predicted octanol–water partition coefficient (Wildman–Crippen LogP) is 3.31. The van der Waals surface area contributed by atoms with E-state index < -0.39 is 18.0 Å². The molecule has 4 N–H and O–H groups in total. The van der Waals surface area contributed by atoms with Crippen molar-refractivity contribution in [2.24, 2.45) is 10.7 Å². The highest BCUT2D eigenvalue weighted by Crippen LogP contribution is 2.29. The van der Waals surface area contributed by atoms with E-state index in [4.69, 9.17) is 15.6 Å². The third kappa shape index (κ3) is 6.92.